The van der Waals surface area contributed by atoms with Crippen molar-refractivity contribution in [2.75, 3.05) is 11.9 Å². The maximum atomic E-state index is 12.3. The fourth-order valence-electron chi connectivity index (χ4n) is 2.57. The summed E-state index contributed by atoms with van der Waals surface area (Å²) in [4.78, 5) is 20.8. The highest BCUT2D eigenvalue weighted by molar-refractivity contribution is 7.71. The Labute approximate surface area is 161 Å². The number of benzene rings is 1. The van der Waals surface area contributed by atoms with Gasteiger partial charge in [0.15, 0.2) is 4.77 Å². The Balaban J connectivity index is 1.78. The van der Waals surface area contributed by atoms with Crippen molar-refractivity contribution in [3.05, 3.63) is 59.1 Å². The third-order valence-corrected chi connectivity index (χ3v) is 4.35. The number of para-hydroxylation sites is 1. The molecule has 7 nitrogen and oxygen atoms in total. The number of imidazole rings is 1. The standard InChI is InChI=1S/C19H20N4O3S/c1-12(2)16-17(24)23(18(27)21-16)14-9-10-15(20-11-14)26-19(25)22(3)13-7-5-4-6-8-13/h4-12,24H,1-3H3,(H,21,27). The van der Waals surface area contributed by atoms with Crippen molar-refractivity contribution in [3.8, 4) is 17.4 Å². The molecule has 1 amide bonds. The number of amides is 1. The number of nitrogens with one attached hydrogen (secondary N) is 1. The van der Waals surface area contributed by atoms with Crippen LogP contribution in [0.3, 0.4) is 0 Å². The number of aromatic hydroxyl groups is 1. The summed E-state index contributed by atoms with van der Waals surface area (Å²) in [7, 11) is 1.62. The fourth-order valence-corrected chi connectivity index (χ4v) is 2.87. The number of ether oxygens (including phenoxy) is 1. The van der Waals surface area contributed by atoms with Crippen LogP contribution in [0.4, 0.5) is 10.5 Å². The van der Waals surface area contributed by atoms with E-state index in [1.165, 1.54) is 15.7 Å². The Morgan fingerprint density at radius 3 is 2.52 bits per heavy atom. The van der Waals surface area contributed by atoms with Crippen LogP contribution in [-0.2, 0) is 0 Å². The molecule has 0 unspecified atom stereocenters. The Bertz CT molecular complexity index is 994. The molecule has 0 aliphatic carbocycles. The van der Waals surface area contributed by atoms with Crippen molar-refractivity contribution in [3.63, 3.8) is 0 Å². The number of anilines is 1. The zero-order chi connectivity index (χ0) is 19.6. The molecule has 0 aliphatic heterocycles. The molecule has 2 heterocycles. The Hall–Kier alpha value is -3.13. The van der Waals surface area contributed by atoms with E-state index in [4.69, 9.17) is 17.0 Å². The number of aromatic amines is 1. The second-order valence-electron chi connectivity index (χ2n) is 6.27. The first-order valence-electron chi connectivity index (χ1n) is 8.39. The predicted octanol–water partition coefficient (Wildman–Crippen LogP) is 4.39. The average Bonchev–Trinajstić information content (AvgIpc) is 2.97. The van der Waals surface area contributed by atoms with E-state index in [0.717, 1.165) is 0 Å². The molecule has 1 aromatic carbocycles. The maximum Gasteiger partial charge on any atom is 0.420 e. The summed E-state index contributed by atoms with van der Waals surface area (Å²) in [5, 5.41) is 10.4. The Morgan fingerprint density at radius 1 is 1.26 bits per heavy atom. The smallest absolute Gasteiger partial charge is 0.420 e. The van der Waals surface area contributed by atoms with E-state index < -0.39 is 6.09 Å². The number of nitrogens with zero attached hydrogens (tertiary/aromatic N) is 3. The van der Waals surface area contributed by atoms with Crippen LogP contribution in [0.5, 0.6) is 11.8 Å². The van der Waals surface area contributed by atoms with Gasteiger partial charge in [-0.1, -0.05) is 32.0 Å². The lowest BCUT2D eigenvalue weighted by Crippen LogP contribution is -2.29. The molecule has 0 bridgehead atoms. The van der Waals surface area contributed by atoms with E-state index in [-0.39, 0.29) is 17.7 Å². The third-order valence-electron chi connectivity index (χ3n) is 4.06. The topological polar surface area (TPSA) is 83.4 Å². The number of carbonyl (C=O) groups excluding carboxylic acids is 1. The molecule has 2 aromatic heterocycles. The lowest BCUT2D eigenvalue weighted by atomic mass is 10.1. The second-order valence-corrected chi connectivity index (χ2v) is 6.66. The van der Waals surface area contributed by atoms with Gasteiger partial charge in [-0.15, -0.1) is 0 Å². The predicted molar refractivity (Wildman–Crippen MR) is 105 cm³/mol. The monoisotopic (exact) mass is 384 g/mol. The number of H-pyrrole nitrogens is 1. The number of aromatic nitrogens is 3. The number of pyridine rings is 1. The molecule has 0 fully saturated rings. The highest BCUT2D eigenvalue weighted by Crippen LogP contribution is 2.28. The minimum Gasteiger partial charge on any atom is -0.493 e. The van der Waals surface area contributed by atoms with Gasteiger partial charge >= 0.3 is 6.09 Å². The normalized spacial score (nSPS) is 10.8. The molecule has 0 saturated carbocycles. The van der Waals surface area contributed by atoms with Crippen molar-refractivity contribution in [1.29, 1.82) is 0 Å². The quantitative estimate of drug-likeness (QED) is 0.652. The van der Waals surface area contributed by atoms with E-state index in [2.05, 4.69) is 9.97 Å². The summed E-state index contributed by atoms with van der Waals surface area (Å²) in [6, 6.07) is 12.4. The maximum absolute atomic E-state index is 12.3. The van der Waals surface area contributed by atoms with Gasteiger partial charge in [-0.3, -0.25) is 9.47 Å². The zero-order valence-corrected chi connectivity index (χ0v) is 16.0. The number of carbonyl (C=O) groups is 1. The molecular formula is C19H20N4O3S. The average molecular weight is 384 g/mol. The van der Waals surface area contributed by atoms with Crippen LogP contribution in [-0.4, -0.2) is 32.8 Å². The summed E-state index contributed by atoms with van der Waals surface area (Å²) in [5.41, 5.74) is 1.93. The highest BCUT2D eigenvalue weighted by atomic mass is 32.1. The summed E-state index contributed by atoms with van der Waals surface area (Å²) >= 11 is 5.28. The summed E-state index contributed by atoms with van der Waals surface area (Å²) < 4.78 is 7.15. The summed E-state index contributed by atoms with van der Waals surface area (Å²) in [6.07, 6.45) is 0.933. The van der Waals surface area contributed by atoms with Crippen LogP contribution in [0, 0.1) is 4.77 Å². The van der Waals surface area contributed by atoms with Gasteiger partial charge in [-0.05, 0) is 36.3 Å². The largest absolute Gasteiger partial charge is 0.493 e. The van der Waals surface area contributed by atoms with Crippen molar-refractivity contribution < 1.29 is 14.6 Å². The molecule has 0 aliphatic rings. The molecule has 0 atom stereocenters. The number of hydrogen-bond donors (Lipinski definition) is 2. The molecule has 140 valence electrons. The molecule has 27 heavy (non-hydrogen) atoms. The molecular weight excluding hydrogens is 364 g/mol. The van der Waals surface area contributed by atoms with Gasteiger partial charge in [0.2, 0.25) is 11.8 Å². The zero-order valence-electron chi connectivity index (χ0n) is 15.2. The van der Waals surface area contributed by atoms with Gasteiger partial charge < -0.3 is 14.8 Å². The fraction of sp³-hybridized carbons (Fsp3) is 0.211. The first-order valence-corrected chi connectivity index (χ1v) is 8.80. The minimum atomic E-state index is -0.551. The molecule has 3 rings (SSSR count). The molecule has 0 radical (unpaired) electrons. The number of hydrogen-bond acceptors (Lipinski definition) is 5. The van der Waals surface area contributed by atoms with Gasteiger partial charge in [-0.2, -0.15) is 0 Å². The van der Waals surface area contributed by atoms with E-state index in [9.17, 15) is 9.90 Å². The van der Waals surface area contributed by atoms with E-state index in [1.807, 2.05) is 32.0 Å². The summed E-state index contributed by atoms with van der Waals surface area (Å²) in [6.45, 7) is 3.91. The van der Waals surface area contributed by atoms with Crippen LogP contribution >= 0.6 is 12.2 Å². The molecule has 0 saturated heterocycles. The lowest BCUT2D eigenvalue weighted by Gasteiger charge is -2.16. The molecule has 8 heteroatoms. The lowest BCUT2D eigenvalue weighted by molar-refractivity contribution is 0.207. The van der Waals surface area contributed by atoms with Crippen molar-refractivity contribution >= 4 is 24.0 Å². The van der Waals surface area contributed by atoms with Gasteiger partial charge in [0.05, 0.1) is 17.6 Å². The molecule has 0 spiro atoms. The van der Waals surface area contributed by atoms with Crippen LogP contribution in [0.25, 0.3) is 5.69 Å². The third kappa shape index (κ3) is 3.85. The molecule has 3 aromatic rings. The van der Waals surface area contributed by atoms with Gasteiger partial charge in [0, 0.05) is 18.8 Å². The highest BCUT2D eigenvalue weighted by Gasteiger charge is 2.17. The van der Waals surface area contributed by atoms with Crippen LogP contribution in [0.1, 0.15) is 25.5 Å². The van der Waals surface area contributed by atoms with Crippen LogP contribution in [0.15, 0.2) is 48.7 Å². The van der Waals surface area contributed by atoms with E-state index in [0.29, 0.717) is 21.8 Å². The van der Waals surface area contributed by atoms with Crippen LogP contribution < -0.4 is 9.64 Å². The summed E-state index contributed by atoms with van der Waals surface area (Å²) in [5.74, 6) is 0.289. The number of rotatable bonds is 4. The Morgan fingerprint density at radius 2 is 1.96 bits per heavy atom. The van der Waals surface area contributed by atoms with Crippen LogP contribution in [0.2, 0.25) is 0 Å². The Kier molecular flexibility index (Phi) is 5.27. The van der Waals surface area contributed by atoms with Gasteiger partial charge in [-0.25, -0.2) is 9.78 Å². The SMILES string of the molecule is CC(C)c1[nH]c(=S)n(-c2ccc(OC(=O)N(C)c3ccccc3)nc2)c1O. The molecule has 2 N–H and O–H groups in total. The van der Waals surface area contributed by atoms with E-state index in [1.54, 1.807) is 31.3 Å². The van der Waals surface area contributed by atoms with Crippen molar-refractivity contribution in [2.24, 2.45) is 0 Å². The van der Waals surface area contributed by atoms with Gasteiger partial charge in [0.25, 0.3) is 0 Å². The second kappa shape index (κ2) is 7.63. The van der Waals surface area contributed by atoms with Crippen molar-refractivity contribution in [2.45, 2.75) is 19.8 Å². The van der Waals surface area contributed by atoms with E-state index >= 15 is 0 Å². The first-order chi connectivity index (χ1) is 12.9. The first kappa shape index (κ1) is 18.7. The van der Waals surface area contributed by atoms with Gasteiger partial charge in [0.1, 0.15) is 0 Å². The van der Waals surface area contributed by atoms with Crippen molar-refractivity contribution in [1.82, 2.24) is 14.5 Å². The minimum absolute atomic E-state index is 0.0466.